The van der Waals surface area contributed by atoms with Crippen LogP contribution in [0.5, 0.6) is 0 Å². The van der Waals surface area contributed by atoms with Crippen LogP contribution < -0.4 is 0 Å². The maximum absolute atomic E-state index is 12.8. The molecule has 1 N–H and O–H groups in total. The summed E-state index contributed by atoms with van der Waals surface area (Å²) in [5.41, 5.74) is 0. The number of H-pyrrole nitrogens is 1. The third-order valence-electron chi connectivity index (χ3n) is 4.57. The molecule has 0 saturated heterocycles. The summed E-state index contributed by atoms with van der Waals surface area (Å²) in [7, 11) is 0. The van der Waals surface area contributed by atoms with Gasteiger partial charge in [0.05, 0.1) is 5.75 Å². The maximum atomic E-state index is 12.8. The van der Waals surface area contributed by atoms with E-state index in [-0.39, 0.29) is 11.9 Å². The highest BCUT2D eigenvalue weighted by Crippen LogP contribution is 2.25. The van der Waals surface area contributed by atoms with Gasteiger partial charge in [-0.1, -0.05) is 37.1 Å². The molecule has 140 valence electrons. The lowest BCUT2D eigenvalue weighted by atomic mass is 9.93. The monoisotopic (exact) mass is 390 g/mol. The Balaban J connectivity index is 1.54. The predicted octanol–water partition coefficient (Wildman–Crippen LogP) is 4.70. The van der Waals surface area contributed by atoms with Crippen molar-refractivity contribution in [1.82, 2.24) is 20.1 Å². The minimum absolute atomic E-state index is 0.192. The van der Waals surface area contributed by atoms with Crippen molar-refractivity contribution < 1.29 is 4.79 Å². The molecule has 0 spiro atoms. The SMILES string of the molecule is CC(C)N(C(=O)CSc1n[nH]c(/C=C/c2cccs2)n1)C1CCCCC1. The number of hydrogen-bond donors (Lipinski definition) is 1. The number of rotatable bonds is 7. The van der Waals surface area contributed by atoms with Crippen LogP contribution in [0.1, 0.15) is 56.7 Å². The summed E-state index contributed by atoms with van der Waals surface area (Å²) >= 11 is 3.08. The molecule has 1 aliphatic rings. The van der Waals surface area contributed by atoms with Crippen LogP contribution in [0.4, 0.5) is 0 Å². The van der Waals surface area contributed by atoms with E-state index in [1.54, 1.807) is 11.3 Å². The number of thiophene rings is 1. The molecule has 2 aromatic rings. The number of hydrogen-bond acceptors (Lipinski definition) is 5. The van der Waals surface area contributed by atoms with Crippen LogP contribution in [0.2, 0.25) is 0 Å². The number of nitrogens with one attached hydrogen (secondary N) is 1. The van der Waals surface area contributed by atoms with Gasteiger partial charge >= 0.3 is 0 Å². The molecule has 0 aliphatic heterocycles. The second kappa shape index (κ2) is 9.37. The van der Waals surface area contributed by atoms with Gasteiger partial charge in [-0.05, 0) is 50.3 Å². The Kier molecular flexibility index (Phi) is 6.91. The number of amides is 1. The van der Waals surface area contributed by atoms with Gasteiger partial charge in [-0.15, -0.1) is 16.4 Å². The first-order valence-corrected chi connectivity index (χ1v) is 11.1. The van der Waals surface area contributed by atoms with Crippen LogP contribution in [0.15, 0.2) is 22.7 Å². The van der Waals surface area contributed by atoms with E-state index in [1.807, 2.05) is 23.6 Å². The predicted molar refractivity (Wildman–Crippen MR) is 109 cm³/mol. The second-order valence-electron chi connectivity index (χ2n) is 6.83. The minimum Gasteiger partial charge on any atom is -0.337 e. The van der Waals surface area contributed by atoms with E-state index in [4.69, 9.17) is 0 Å². The van der Waals surface area contributed by atoms with Gasteiger partial charge in [0.25, 0.3) is 0 Å². The van der Waals surface area contributed by atoms with E-state index in [0.717, 1.165) is 12.8 Å². The van der Waals surface area contributed by atoms with Crippen LogP contribution in [0.25, 0.3) is 12.2 Å². The molecule has 3 rings (SSSR count). The van der Waals surface area contributed by atoms with Gasteiger partial charge in [0.2, 0.25) is 11.1 Å². The summed E-state index contributed by atoms with van der Waals surface area (Å²) in [6.07, 6.45) is 9.94. The van der Waals surface area contributed by atoms with Gasteiger partial charge in [0, 0.05) is 17.0 Å². The Hall–Kier alpha value is -1.60. The fourth-order valence-corrected chi connectivity index (χ4v) is 4.71. The lowest BCUT2D eigenvalue weighted by Crippen LogP contribution is -2.46. The molecule has 0 unspecified atom stereocenters. The van der Waals surface area contributed by atoms with Crippen LogP contribution in [0.3, 0.4) is 0 Å². The average molecular weight is 391 g/mol. The molecule has 1 amide bonds. The van der Waals surface area contributed by atoms with E-state index in [9.17, 15) is 4.79 Å². The molecular formula is C19H26N4OS2. The number of carbonyl (C=O) groups is 1. The summed E-state index contributed by atoms with van der Waals surface area (Å²) in [4.78, 5) is 20.5. The molecule has 1 fully saturated rings. The molecule has 26 heavy (non-hydrogen) atoms. The molecule has 0 bridgehead atoms. The van der Waals surface area contributed by atoms with E-state index in [0.29, 0.717) is 22.8 Å². The van der Waals surface area contributed by atoms with Crippen LogP contribution in [0, 0.1) is 0 Å². The second-order valence-corrected chi connectivity index (χ2v) is 8.75. The van der Waals surface area contributed by atoms with Crippen molar-refractivity contribution in [2.45, 2.75) is 63.2 Å². The highest BCUT2D eigenvalue weighted by atomic mass is 32.2. The minimum atomic E-state index is 0.192. The Labute approximate surface area is 163 Å². The van der Waals surface area contributed by atoms with E-state index < -0.39 is 0 Å². The first-order valence-electron chi connectivity index (χ1n) is 9.21. The van der Waals surface area contributed by atoms with Crippen molar-refractivity contribution in [2.75, 3.05) is 5.75 Å². The number of carbonyl (C=O) groups excluding carboxylic acids is 1. The smallest absolute Gasteiger partial charge is 0.233 e. The number of aromatic nitrogens is 3. The van der Waals surface area contributed by atoms with Gasteiger partial charge < -0.3 is 4.90 Å². The fourth-order valence-electron chi connectivity index (χ4n) is 3.42. The Morgan fingerprint density at radius 2 is 2.19 bits per heavy atom. The van der Waals surface area contributed by atoms with Crippen molar-refractivity contribution in [3.8, 4) is 0 Å². The molecule has 0 aromatic carbocycles. The Morgan fingerprint density at radius 1 is 1.38 bits per heavy atom. The van der Waals surface area contributed by atoms with Crippen molar-refractivity contribution in [3.05, 3.63) is 28.2 Å². The quantitative estimate of drug-likeness (QED) is 0.696. The summed E-state index contributed by atoms with van der Waals surface area (Å²) in [6, 6.07) is 4.71. The molecule has 1 aliphatic carbocycles. The third kappa shape index (κ3) is 5.20. The summed E-state index contributed by atoms with van der Waals surface area (Å²) in [5, 5.41) is 9.79. The molecule has 0 radical (unpaired) electrons. The van der Waals surface area contributed by atoms with Crippen molar-refractivity contribution in [2.24, 2.45) is 0 Å². The number of thioether (sulfide) groups is 1. The van der Waals surface area contributed by atoms with Gasteiger partial charge in [0.15, 0.2) is 0 Å². The van der Waals surface area contributed by atoms with Crippen molar-refractivity contribution in [1.29, 1.82) is 0 Å². The maximum Gasteiger partial charge on any atom is 0.233 e. The first kappa shape index (κ1) is 19.2. The van der Waals surface area contributed by atoms with Crippen molar-refractivity contribution >= 4 is 41.2 Å². The first-order chi connectivity index (χ1) is 12.6. The molecule has 0 atom stereocenters. The summed E-state index contributed by atoms with van der Waals surface area (Å²) < 4.78 is 0. The van der Waals surface area contributed by atoms with Crippen LogP contribution >= 0.6 is 23.1 Å². The third-order valence-corrected chi connectivity index (χ3v) is 6.24. The van der Waals surface area contributed by atoms with E-state index >= 15 is 0 Å². The Bertz CT molecular complexity index is 718. The molecule has 2 aromatic heterocycles. The zero-order chi connectivity index (χ0) is 18.4. The van der Waals surface area contributed by atoms with Gasteiger partial charge in [-0.25, -0.2) is 4.98 Å². The zero-order valence-electron chi connectivity index (χ0n) is 15.4. The number of nitrogens with zero attached hydrogens (tertiary/aromatic N) is 3. The highest BCUT2D eigenvalue weighted by molar-refractivity contribution is 7.99. The van der Waals surface area contributed by atoms with Gasteiger partial charge in [-0.3, -0.25) is 9.89 Å². The normalized spacial score (nSPS) is 15.8. The lowest BCUT2D eigenvalue weighted by molar-refractivity contribution is -0.133. The van der Waals surface area contributed by atoms with E-state index in [1.165, 1.54) is 35.9 Å². The average Bonchev–Trinajstić information content (AvgIpc) is 3.31. The fraction of sp³-hybridized carbons (Fsp3) is 0.526. The summed E-state index contributed by atoms with van der Waals surface area (Å²) in [6.45, 7) is 4.22. The zero-order valence-corrected chi connectivity index (χ0v) is 17.0. The molecule has 2 heterocycles. The van der Waals surface area contributed by atoms with Crippen LogP contribution in [-0.2, 0) is 4.79 Å². The molecular weight excluding hydrogens is 364 g/mol. The highest BCUT2D eigenvalue weighted by Gasteiger charge is 2.27. The number of aromatic amines is 1. The summed E-state index contributed by atoms with van der Waals surface area (Å²) in [5.74, 6) is 1.29. The standard InChI is InChI=1S/C19H26N4OS2/c1-14(2)23(15-7-4-3-5-8-15)18(24)13-26-19-20-17(21-22-19)11-10-16-9-6-12-25-16/h6,9-12,14-15H,3-5,7-8,13H2,1-2H3,(H,20,21,22)/b11-10+. The van der Waals surface area contributed by atoms with Crippen LogP contribution in [-0.4, -0.2) is 43.8 Å². The van der Waals surface area contributed by atoms with E-state index in [2.05, 4.69) is 40.0 Å². The molecule has 1 saturated carbocycles. The largest absolute Gasteiger partial charge is 0.337 e. The van der Waals surface area contributed by atoms with Gasteiger partial charge in [-0.2, -0.15) is 0 Å². The Morgan fingerprint density at radius 3 is 2.88 bits per heavy atom. The molecule has 7 heteroatoms. The van der Waals surface area contributed by atoms with Gasteiger partial charge in [0.1, 0.15) is 5.82 Å². The topological polar surface area (TPSA) is 61.9 Å². The molecule has 5 nitrogen and oxygen atoms in total. The lowest BCUT2D eigenvalue weighted by Gasteiger charge is -2.37. The van der Waals surface area contributed by atoms with Crippen molar-refractivity contribution in [3.63, 3.8) is 0 Å².